The number of benzene rings is 1. The zero-order chi connectivity index (χ0) is 20.4. The molecule has 1 aromatic carbocycles. The van der Waals surface area contributed by atoms with Gasteiger partial charge in [-0.05, 0) is 83.3 Å². The van der Waals surface area contributed by atoms with E-state index in [1.54, 1.807) is 0 Å². The third-order valence-corrected chi connectivity index (χ3v) is 7.15. The van der Waals surface area contributed by atoms with E-state index in [2.05, 4.69) is 47.7 Å². The number of likely N-dealkylation sites (tertiary alicyclic amines) is 1. The van der Waals surface area contributed by atoms with Crippen LogP contribution in [0.5, 0.6) is 0 Å². The molecule has 29 heavy (non-hydrogen) atoms. The summed E-state index contributed by atoms with van der Waals surface area (Å²) in [5.74, 6) is 0.0421. The number of aromatic nitrogens is 1. The topological polar surface area (TPSA) is 46.5 Å². The van der Waals surface area contributed by atoms with Crippen molar-refractivity contribution in [2.75, 3.05) is 39.4 Å². The third kappa shape index (κ3) is 4.08. The standard InChI is InChI=1S/C24H35N3O2/c1-4-27-19(3)18(2)21-15-20(7-8-22(21)27)23(28)25-16-24(9-13-29-14-10-24)17-26-11-5-6-12-26/h7-8,15H,4-6,9-14,16-17H2,1-3H3,(H,25,28). The molecule has 0 spiro atoms. The second kappa shape index (κ2) is 8.49. The number of hydrogen-bond donors (Lipinski definition) is 1. The number of nitrogens with one attached hydrogen (secondary N) is 1. The van der Waals surface area contributed by atoms with Gasteiger partial charge in [-0.3, -0.25) is 4.79 Å². The van der Waals surface area contributed by atoms with Crippen molar-refractivity contribution in [3.63, 3.8) is 0 Å². The monoisotopic (exact) mass is 397 g/mol. The van der Waals surface area contributed by atoms with Gasteiger partial charge in [0.15, 0.2) is 0 Å². The molecule has 1 aromatic heterocycles. The van der Waals surface area contributed by atoms with E-state index in [-0.39, 0.29) is 11.3 Å². The van der Waals surface area contributed by atoms with E-state index in [0.29, 0.717) is 0 Å². The smallest absolute Gasteiger partial charge is 0.251 e. The molecule has 3 heterocycles. The maximum atomic E-state index is 13.0. The van der Waals surface area contributed by atoms with Gasteiger partial charge in [-0.2, -0.15) is 0 Å². The number of amides is 1. The minimum Gasteiger partial charge on any atom is -0.381 e. The average molecular weight is 398 g/mol. The molecular weight excluding hydrogens is 362 g/mol. The van der Waals surface area contributed by atoms with Crippen LogP contribution in [0.15, 0.2) is 18.2 Å². The number of hydrogen-bond acceptors (Lipinski definition) is 3. The van der Waals surface area contributed by atoms with Gasteiger partial charge >= 0.3 is 0 Å². The van der Waals surface area contributed by atoms with Gasteiger partial charge in [0.25, 0.3) is 5.91 Å². The molecule has 0 aliphatic carbocycles. The van der Waals surface area contributed by atoms with Gasteiger partial charge in [-0.25, -0.2) is 0 Å². The predicted octanol–water partition coefficient (Wildman–Crippen LogP) is 3.90. The maximum Gasteiger partial charge on any atom is 0.251 e. The van der Waals surface area contributed by atoms with Gasteiger partial charge in [-0.15, -0.1) is 0 Å². The summed E-state index contributed by atoms with van der Waals surface area (Å²) in [5.41, 5.74) is 4.67. The Balaban J connectivity index is 1.49. The molecule has 4 rings (SSSR count). The zero-order valence-electron chi connectivity index (χ0n) is 18.2. The minimum atomic E-state index is 0.0421. The van der Waals surface area contributed by atoms with Crippen molar-refractivity contribution >= 4 is 16.8 Å². The highest BCUT2D eigenvalue weighted by Gasteiger charge is 2.35. The molecule has 1 N–H and O–H groups in total. The molecule has 0 bridgehead atoms. The molecular formula is C24H35N3O2. The van der Waals surface area contributed by atoms with E-state index in [9.17, 15) is 4.79 Å². The summed E-state index contributed by atoms with van der Waals surface area (Å²) in [6.07, 6.45) is 4.66. The number of carbonyl (C=O) groups excluding carboxylic acids is 1. The van der Waals surface area contributed by atoms with Gasteiger partial charge in [0.05, 0.1) is 0 Å². The van der Waals surface area contributed by atoms with Crippen LogP contribution in [0.4, 0.5) is 0 Å². The number of carbonyl (C=O) groups is 1. The van der Waals surface area contributed by atoms with Crippen molar-refractivity contribution in [2.24, 2.45) is 5.41 Å². The van der Waals surface area contributed by atoms with E-state index in [4.69, 9.17) is 4.74 Å². The molecule has 2 fully saturated rings. The summed E-state index contributed by atoms with van der Waals surface area (Å²) >= 11 is 0. The molecule has 2 saturated heterocycles. The third-order valence-electron chi connectivity index (χ3n) is 7.15. The molecule has 0 unspecified atom stereocenters. The Morgan fingerprint density at radius 3 is 2.59 bits per heavy atom. The molecule has 0 atom stereocenters. The highest BCUT2D eigenvalue weighted by atomic mass is 16.5. The van der Waals surface area contributed by atoms with Crippen LogP contribution >= 0.6 is 0 Å². The van der Waals surface area contributed by atoms with Crippen LogP contribution in [0.1, 0.15) is 54.2 Å². The Hall–Kier alpha value is -1.85. The van der Waals surface area contributed by atoms with Crippen LogP contribution in [-0.2, 0) is 11.3 Å². The molecule has 2 aliphatic rings. The molecule has 2 aliphatic heterocycles. The number of fused-ring (bicyclic) bond motifs is 1. The van der Waals surface area contributed by atoms with Gasteiger partial charge in [0.2, 0.25) is 0 Å². The van der Waals surface area contributed by atoms with Crippen LogP contribution in [0.25, 0.3) is 10.9 Å². The Morgan fingerprint density at radius 2 is 1.90 bits per heavy atom. The van der Waals surface area contributed by atoms with Gasteiger partial charge in [0, 0.05) is 60.4 Å². The lowest BCUT2D eigenvalue weighted by Gasteiger charge is -2.40. The summed E-state index contributed by atoms with van der Waals surface area (Å²) < 4.78 is 7.95. The highest BCUT2D eigenvalue weighted by Crippen LogP contribution is 2.32. The number of ether oxygens (including phenoxy) is 1. The molecule has 2 aromatic rings. The Bertz CT molecular complexity index is 874. The second-order valence-corrected chi connectivity index (χ2v) is 8.96. The predicted molar refractivity (Wildman–Crippen MR) is 118 cm³/mol. The fraction of sp³-hybridized carbons (Fsp3) is 0.625. The lowest BCUT2D eigenvalue weighted by molar-refractivity contribution is -0.000628. The molecule has 158 valence electrons. The first-order valence-corrected chi connectivity index (χ1v) is 11.2. The minimum absolute atomic E-state index is 0.0421. The van der Waals surface area contributed by atoms with Gasteiger partial charge < -0.3 is 19.5 Å². The molecule has 1 amide bonds. The quantitative estimate of drug-likeness (QED) is 0.804. The van der Waals surface area contributed by atoms with Crippen molar-refractivity contribution in [3.05, 3.63) is 35.0 Å². The summed E-state index contributed by atoms with van der Waals surface area (Å²) in [5, 5.41) is 4.46. The molecule has 0 radical (unpaired) electrons. The van der Waals surface area contributed by atoms with Crippen LogP contribution < -0.4 is 5.32 Å². The van der Waals surface area contributed by atoms with Crippen LogP contribution in [-0.4, -0.2) is 54.8 Å². The van der Waals surface area contributed by atoms with Crippen molar-refractivity contribution in [1.82, 2.24) is 14.8 Å². The van der Waals surface area contributed by atoms with Crippen LogP contribution in [0.2, 0.25) is 0 Å². The van der Waals surface area contributed by atoms with E-state index in [0.717, 1.165) is 51.3 Å². The fourth-order valence-corrected chi connectivity index (χ4v) is 5.18. The first kappa shape index (κ1) is 20.4. The number of nitrogens with zero attached hydrogens (tertiary/aromatic N) is 2. The molecule has 5 nitrogen and oxygen atoms in total. The summed E-state index contributed by atoms with van der Waals surface area (Å²) in [4.78, 5) is 15.6. The lowest BCUT2D eigenvalue weighted by atomic mass is 9.79. The summed E-state index contributed by atoms with van der Waals surface area (Å²) in [6, 6.07) is 6.14. The Morgan fingerprint density at radius 1 is 1.17 bits per heavy atom. The average Bonchev–Trinajstić information content (AvgIpc) is 3.33. The normalized spacial score (nSPS) is 19.7. The van der Waals surface area contributed by atoms with Crippen LogP contribution in [0.3, 0.4) is 0 Å². The van der Waals surface area contributed by atoms with Crippen molar-refractivity contribution in [1.29, 1.82) is 0 Å². The van der Waals surface area contributed by atoms with Gasteiger partial charge in [-0.1, -0.05) is 0 Å². The zero-order valence-corrected chi connectivity index (χ0v) is 18.2. The second-order valence-electron chi connectivity index (χ2n) is 8.96. The van der Waals surface area contributed by atoms with Crippen molar-refractivity contribution < 1.29 is 9.53 Å². The highest BCUT2D eigenvalue weighted by molar-refractivity contribution is 5.99. The fourth-order valence-electron chi connectivity index (χ4n) is 5.18. The SMILES string of the molecule is CCn1c(C)c(C)c2cc(C(=O)NCC3(CN4CCCC4)CCOCC3)ccc21. The largest absolute Gasteiger partial charge is 0.381 e. The Kier molecular flexibility index (Phi) is 5.98. The Labute approximate surface area is 174 Å². The number of rotatable bonds is 6. The van der Waals surface area contributed by atoms with Crippen LogP contribution in [0, 0.1) is 19.3 Å². The van der Waals surface area contributed by atoms with E-state index in [1.165, 1.54) is 48.1 Å². The van der Waals surface area contributed by atoms with Gasteiger partial charge in [0.1, 0.15) is 0 Å². The lowest BCUT2D eigenvalue weighted by Crippen LogP contribution is -2.48. The van der Waals surface area contributed by atoms with E-state index >= 15 is 0 Å². The van der Waals surface area contributed by atoms with Crippen molar-refractivity contribution in [2.45, 2.75) is 53.0 Å². The molecule has 0 saturated carbocycles. The number of aryl methyl sites for hydroxylation is 2. The first-order valence-electron chi connectivity index (χ1n) is 11.2. The van der Waals surface area contributed by atoms with E-state index in [1.807, 2.05) is 6.07 Å². The summed E-state index contributed by atoms with van der Waals surface area (Å²) in [6.45, 7) is 13.2. The summed E-state index contributed by atoms with van der Waals surface area (Å²) in [7, 11) is 0. The van der Waals surface area contributed by atoms with Crippen molar-refractivity contribution in [3.8, 4) is 0 Å². The van der Waals surface area contributed by atoms with E-state index < -0.39 is 0 Å². The maximum absolute atomic E-state index is 13.0. The molecule has 5 heteroatoms. The first-order chi connectivity index (χ1) is 14.0.